The Labute approximate surface area is 145 Å². The van der Waals surface area contributed by atoms with Gasteiger partial charge in [-0.3, -0.25) is 4.79 Å². The number of hydrogen-bond acceptors (Lipinski definition) is 4. The maximum atomic E-state index is 12.8. The van der Waals surface area contributed by atoms with Gasteiger partial charge in [-0.05, 0) is 43.9 Å². The summed E-state index contributed by atoms with van der Waals surface area (Å²) in [5, 5.41) is 6.56. The lowest BCUT2D eigenvalue weighted by atomic mass is 9.86. The fourth-order valence-electron chi connectivity index (χ4n) is 2.24. The quantitative estimate of drug-likeness (QED) is 0.592. The standard InChI is InChI=1S/C19H31FN2O2/c1-18(2,3)16(17(23)24-19(4,5)6)22-12-11-21-13-14-7-9-15(20)10-8-14/h7-10,16,21-22H,11-13H2,1-6H3/t16-/m1/s1. The van der Waals surface area contributed by atoms with E-state index in [2.05, 4.69) is 10.6 Å². The number of rotatable bonds is 7. The highest BCUT2D eigenvalue weighted by Crippen LogP contribution is 2.22. The third-order valence-corrected chi connectivity index (χ3v) is 3.40. The van der Waals surface area contributed by atoms with Crippen LogP contribution in [0.1, 0.15) is 47.1 Å². The highest BCUT2D eigenvalue weighted by molar-refractivity contribution is 5.77. The molecule has 0 fully saturated rings. The molecule has 2 N–H and O–H groups in total. The summed E-state index contributed by atoms with van der Waals surface area (Å²) in [6, 6.07) is 6.05. The first-order valence-electron chi connectivity index (χ1n) is 8.40. The molecule has 0 heterocycles. The van der Waals surface area contributed by atoms with Crippen LogP contribution < -0.4 is 10.6 Å². The minimum Gasteiger partial charge on any atom is -0.459 e. The Hall–Kier alpha value is -1.46. The van der Waals surface area contributed by atoms with Gasteiger partial charge in [0.1, 0.15) is 17.5 Å². The highest BCUT2D eigenvalue weighted by Gasteiger charge is 2.34. The van der Waals surface area contributed by atoms with Gasteiger partial charge in [0.2, 0.25) is 0 Å². The van der Waals surface area contributed by atoms with Crippen molar-refractivity contribution >= 4 is 5.97 Å². The van der Waals surface area contributed by atoms with Crippen molar-refractivity contribution in [2.75, 3.05) is 13.1 Å². The topological polar surface area (TPSA) is 50.4 Å². The van der Waals surface area contributed by atoms with E-state index in [1.54, 1.807) is 12.1 Å². The second kappa shape index (κ2) is 8.58. The summed E-state index contributed by atoms with van der Waals surface area (Å²) < 4.78 is 18.4. The maximum absolute atomic E-state index is 12.8. The summed E-state index contributed by atoms with van der Waals surface area (Å²) in [4.78, 5) is 12.4. The lowest BCUT2D eigenvalue weighted by Crippen LogP contribution is -2.50. The fourth-order valence-corrected chi connectivity index (χ4v) is 2.24. The van der Waals surface area contributed by atoms with Gasteiger partial charge in [-0.1, -0.05) is 32.9 Å². The molecule has 0 aliphatic rings. The number of benzene rings is 1. The summed E-state index contributed by atoms with van der Waals surface area (Å²) >= 11 is 0. The summed E-state index contributed by atoms with van der Waals surface area (Å²) in [6.07, 6.45) is 0. The van der Waals surface area contributed by atoms with Crippen molar-refractivity contribution in [1.82, 2.24) is 10.6 Å². The molecule has 0 unspecified atom stereocenters. The zero-order valence-electron chi connectivity index (χ0n) is 15.7. The maximum Gasteiger partial charge on any atom is 0.324 e. The molecule has 0 amide bonds. The van der Waals surface area contributed by atoms with Crippen LogP contribution in [0, 0.1) is 11.2 Å². The van der Waals surface area contributed by atoms with Gasteiger partial charge >= 0.3 is 5.97 Å². The van der Waals surface area contributed by atoms with Crippen molar-refractivity contribution in [1.29, 1.82) is 0 Å². The minimum atomic E-state index is -0.497. The molecule has 0 radical (unpaired) electrons. The third kappa shape index (κ3) is 7.88. The molecule has 0 aromatic heterocycles. The predicted octanol–water partition coefficient (Wildman–Crippen LogP) is 3.26. The van der Waals surface area contributed by atoms with Gasteiger partial charge in [-0.15, -0.1) is 0 Å². The van der Waals surface area contributed by atoms with E-state index in [4.69, 9.17) is 4.74 Å². The van der Waals surface area contributed by atoms with Gasteiger partial charge in [0.15, 0.2) is 0 Å². The van der Waals surface area contributed by atoms with Gasteiger partial charge in [-0.2, -0.15) is 0 Å². The number of carbonyl (C=O) groups excluding carboxylic acids is 1. The van der Waals surface area contributed by atoms with Crippen molar-refractivity contribution in [3.63, 3.8) is 0 Å². The minimum absolute atomic E-state index is 0.228. The van der Waals surface area contributed by atoms with E-state index in [1.165, 1.54) is 12.1 Å². The number of hydrogen-bond donors (Lipinski definition) is 2. The number of halogens is 1. The predicted molar refractivity (Wildman–Crippen MR) is 95.2 cm³/mol. The Morgan fingerprint density at radius 2 is 1.67 bits per heavy atom. The molecule has 0 saturated carbocycles. The molecule has 136 valence electrons. The van der Waals surface area contributed by atoms with Crippen LogP contribution in [0.2, 0.25) is 0 Å². The summed E-state index contributed by atoms with van der Waals surface area (Å²) in [6.45, 7) is 13.7. The van der Waals surface area contributed by atoms with E-state index in [-0.39, 0.29) is 23.2 Å². The monoisotopic (exact) mass is 338 g/mol. The zero-order valence-corrected chi connectivity index (χ0v) is 15.7. The Kier molecular flexibility index (Phi) is 7.36. The average Bonchev–Trinajstić information content (AvgIpc) is 2.41. The van der Waals surface area contributed by atoms with E-state index in [1.807, 2.05) is 41.5 Å². The van der Waals surface area contributed by atoms with E-state index >= 15 is 0 Å². The molecule has 0 saturated heterocycles. The van der Waals surface area contributed by atoms with Gasteiger partial charge in [0.25, 0.3) is 0 Å². The summed E-state index contributed by atoms with van der Waals surface area (Å²) in [7, 11) is 0. The lowest BCUT2D eigenvalue weighted by Gasteiger charge is -2.32. The van der Waals surface area contributed by atoms with E-state index in [0.717, 1.165) is 5.56 Å². The van der Waals surface area contributed by atoms with Crippen molar-refractivity contribution in [2.45, 2.75) is 59.7 Å². The molecule has 1 aromatic rings. The summed E-state index contributed by atoms with van der Waals surface area (Å²) in [5.41, 5.74) is 0.290. The van der Waals surface area contributed by atoms with E-state index < -0.39 is 5.60 Å². The molecule has 0 bridgehead atoms. The Morgan fingerprint density at radius 3 is 2.17 bits per heavy atom. The van der Waals surface area contributed by atoms with Crippen LogP contribution in [0.3, 0.4) is 0 Å². The summed E-state index contributed by atoms with van der Waals surface area (Å²) in [5.74, 6) is -0.459. The normalized spacial score (nSPS) is 13.6. The molecule has 1 rings (SSSR count). The second-order valence-corrected chi connectivity index (χ2v) is 8.09. The van der Waals surface area contributed by atoms with Gasteiger partial charge < -0.3 is 15.4 Å². The van der Waals surface area contributed by atoms with Crippen molar-refractivity contribution in [3.05, 3.63) is 35.6 Å². The van der Waals surface area contributed by atoms with E-state index in [9.17, 15) is 9.18 Å². The second-order valence-electron chi connectivity index (χ2n) is 8.09. The molecule has 0 aliphatic heterocycles. The molecule has 5 heteroatoms. The fraction of sp³-hybridized carbons (Fsp3) is 0.632. The molecule has 24 heavy (non-hydrogen) atoms. The van der Waals surface area contributed by atoms with Crippen LogP contribution in [0.15, 0.2) is 24.3 Å². The van der Waals surface area contributed by atoms with Crippen molar-refractivity contribution in [2.24, 2.45) is 5.41 Å². The zero-order chi connectivity index (χ0) is 18.4. The van der Waals surface area contributed by atoms with E-state index in [0.29, 0.717) is 19.6 Å². The number of carbonyl (C=O) groups is 1. The van der Waals surface area contributed by atoms with Crippen molar-refractivity contribution < 1.29 is 13.9 Å². The smallest absolute Gasteiger partial charge is 0.324 e. The Bertz CT molecular complexity index is 516. The van der Waals surface area contributed by atoms with Gasteiger partial charge in [-0.25, -0.2) is 4.39 Å². The van der Waals surface area contributed by atoms with Crippen LogP contribution in [-0.2, 0) is 16.1 Å². The largest absolute Gasteiger partial charge is 0.459 e. The molecule has 1 atom stereocenters. The van der Waals surface area contributed by atoms with Crippen LogP contribution in [0.5, 0.6) is 0 Å². The molecular weight excluding hydrogens is 307 g/mol. The van der Waals surface area contributed by atoms with Gasteiger partial charge in [0.05, 0.1) is 0 Å². The third-order valence-electron chi connectivity index (χ3n) is 3.40. The molecule has 0 spiro atoms. The average molecular weight is 338 g/mol. The molecule has 4 nitrogen and oxygen atoms in total. The molecule has 0 aliphatic carbocycles. The van der Waals surface area contributed by atoms with Crippen LogP contribution >= 0.6 is 0 Å². The van der Waals surface area contributed by atoms with Crippen LogP contribution in [-0.4, -0.2) is 30.7 Å². The first-order valence-corrected chi connectivity index (χ1v) is 8.40. The first-order chi connectivity index (χ1) is 11.0. The Morgan fingerprint density at radius 1 is 1.08 bits per heavy atom. The number of esters is 1. The van der Waals surface area contributed by atoms with Crippen molar-refractivity contribution in [3.8, 4) is 0 Å². The highest BCUT2D eigenvalue weighted by atomic mass is 19.1. The first kappa shape index (κ1) is 20.6. The SMILES string of the molecule is CC(C)(C)OC(=O)[C@@H](NCCNCc1ccc(F)cc1)C(C)(C)C. The number of ether oxygens (including phenoxy) is 1. The van der Waals surface area contributed by atoms with Crippen LogP contribution in [0.4, 0.5) is 4.39 Å². The van der Waals surface area contributed by atoms with Crippen LogP contribution in [0.25, 0.3) is 0 Å². The number of nitrogens with one attached hydrogen (secondary N) is 2. The van der Waals surface area contributed by atoms with Gasteiger partial charge in [0, 0.05) is 19.6 Å². The molecular formula is C19H31FN2O2. The molecule has 1 aromatic carbocycles. The Balaban J connectivity index is 2.42. The lowest BCUT2D eigenvalue weighted by molar-refractivity contribution is -0.160.